The van der Waals surface area contributed by atoms with Crippen LogP contribution in [-0.2, 0) is 19.4 Å². The molecule has 110 valence electrons. The average molecular weight is 295 g/mol. The lowest BCUT2D eigenvalue weighted by molar-refractivity contribution is 0.458. The Hall–Kier alpha value is -2.04. The van der Waals surface area contributed by atoms with Gasteiger partial charge in [-0.1, -0.05) is 18.2 Å². The summed E-state index contributed by atoms with van der Waals surface area (Å²) in [5, 5.41) is 2.44. The Kier molecular flexibility index (Phi) is 3.57. The maximum Gasteiger partial charge on any atom is 0.185 e. The van der Waals surface area contributed by atoms with Crippen LogP contribution in [0.2, 0.25) is 0 Å². The topological polar surface area (TPSA) is 12.0 Å². The Morgan fingerprint density at radius 3 is 2.24 bits per heavy atom. The molecule has 5 heteroatoms. The molecule has 1 aliphatic carbocycles. The predicted molar refractivity (Wildman–Crippen MR) is 72.1 cm³/mol. The standard InChI is InChI=1S/C16H13F4N/c17-12-7-13(18)15(20)16(14(12)19)21-8-9-4-5-10-2-1-3-11(10)6-9/h4-7,21H,1-3,8H2. The molecular formula is C16H13F4N. The highest BCUT2D eigenvalue weighted by molar-refractivity contribution is 5.48. The van der Waals surface area contributed by atoms with Gasteiger partial charge in [-0.3, -0.25) is 0 Å². The summed E-state index contributed by atoms with van der Waals surface area (Å²) >= 11 is 0. The highest BCUT2D eigenvalue weighted by atomic mass is 19.2. The Morgan fingerprint density at radius 1 is 0.857 bits per heavy atom. The van der Waals surface area contributed by atoms with Crippen molar-refractivity contribution in [1.29, 1.82) is 0 Å². The summed E-state index contributed by atoms with van der Waals surface area (Å²) in [4.78, 5) is 0. The van der Waals surface area contributed by atoms with Crippen LogP contribution < -0.4 is 5.32 Å². The van der Waals surface area contributed by atoms with Gasteiger partial charge in [0, 0.05) is 12.6 Å². The second kappa shape index (κ2) is 5.39. The van der Waals surface area contributed by atoms with Crippen molar-refractivity contribution in [1.82, 2.24) is 0 Å². The molecule has 0 unspecified atom stereocenters. The lowest BCUT2D eigenvalue weighted by atomic mass is 10.1. The van der Waals surface area contributed by atoms with Crippen molar-refractivity contribution < 1.29 is 17.6 Å². The van der Waals surface area contributed by atoms with Gasteiger partial charge in [0.05, 0.1) is 0 Å². The fraction of sp³-hybridized carbons (Fsp3) is 0.250. The van der Waals surface area contributed by atoms with Crippen LogP contribution >= 0.6 is 0 Å². The van der Waals surface area contributed by atoms with Gasteiger partial charge in [0.15, 0.2) is 23.3 Å². The van der Waals surface area contributed by atoms with Gasteiger partial charge in [-0.2, -0.15) is 0 Å². The number of fused-ring (bicyclic) bond motifs is 1. The van der Waals surface area contributed by atoms with E-state index in [0.29, 0.717) is 0 Å². The first kappa shape index (κ1) is 13.9. The first-order valence-corrected chi connectivity index (χ1v) is 6.74. The molecule has 0 saturated heterocycles. The van der Waals surface area contributed by atoms with Gasteiger partial charge in [-0.05, 0) is 36.0 Å². The van der Waals surface area contributed by atoms with Crippen LogP contribution in [0.3, 0.4) is 0 Å². The third-order valence-corrected chi connectivity index (χ3v) is 3.74. The van der Waals surface area contributed by atoms with E-state index in [4.69, 9.17) is 0 Å². The largest absolute Gasteiger partial charge is 0.376 e. The summed E-state index contributed by atoms with van der Waals surface area (Å²) in [6.45, 7) is 0.101. The highest BCUT2D eigenvalue weighted by Gasteiger charge is 2.19. The Bertz CT molecular complexity index is 671. The van der Waals surface area contributed by atoms with E-state index in [1.165, 1.54) is 11.1 Å². The van der Waals surface area contributed by atoms with Crippen LogP contribution in [0.25, 0.3) is 0 Å². The fourth-order valence-electron chi connectivity index (χ4n) is 2.65. The number of aryl methyl sites for hydroxylation is 2. The molecular weight excluding hydrogens is 282 g/mol. The zero-order valence-corrected chi connectivity index (χ0v) is 11.1. The molecule has 3 rings (SSSR count). The third-order valence-electron chi connectivity index (χ3n) is 3.74. The van der Waals surface area contributed by atoms with Gasteiger partial charge in [-0.15, -0.1) is 0 Å². The molecule has 0 aromatic heterocycles. The van der Waals surface area contributed by atoms with E-state index >= 15 is 0 Å². The number of rotatable bonds is 3. The monoisotopic (exact) mass is 295 g/mol. The minimum absolute atomic E-state index is 0.101. The van der Waals surface area contributed by atoms with Crippen molar-refractivity contribution in [3.8, 4) is 0 Å². The molecule has 0 bridgehead atoms. The second-order valence-electron chi connectivity index (χ2n) is 5.15. The van der Waals surface area contributed by atoms with Gasteiger partial charge in [0.25, 0.3) is 0 Å². The molecule has 0 amide bonds. The van der Waals surface area contributed by atoms with Gasteiger partial charge in [-0.25, -0.2) is 17.6 Å². The molecule has 0 fully saturated rings. The first-order chi connectivity index (χ1) is 10.1. The number of anilines is 1. The molecule has 2 aromatic rings. The van der Waals surface area contributed by atoms with Gasteiger partial charge < -0.3 is 5.32 Å². The summed E-state index contributed by atoms with van der Waals surface area (Å²) in [6.07, 6.45) is 3.13. The number of halogens is 4. The van der Waals surface area contributed by atoms with Crippen molar-refractivity contribution in [3.05, 3.63) is 64.2 Å². The molecule has 1 nitrogen and oxygen atoms in total. The van der Waals surface area contributed by atoms with Gasteiger partial charge in [0.1, 0.15) is 5.69 Å². The van der Waals surface area contributed by atoms with Crippen molar-refractivity contribution in [2.24, 2.45) is 0 Å². The number of hydrogen-bond donors (Lipinski definition) is 1. The number of hydrogen-bond acceptors (Lipinski definition) is 1. The van der Waals surface area contributed by atoms with Gasteiger partial charge >= 0.3 is 0 Å². The maximum absolute atomic E-state index is 13.5. The van der Waals surface area contributed by atoms with Crippen molar-refractivity contribution >= 4 is 5.69 Å². The Balaban J connectivity index is 1.82. The molecule has 1 aliphatic rings. The lowest BCUT2D eigenvalue weighted by Gasteiger charge is -2.11. The third kappa shape index (κ3) is 2.60. The van der Waals surface area contributed by atoms with E-state index < -0.39 is 29.0 Å². The second-order valence-corrected chi connectivity index (χ2v) is 5.15. The van der Waals surface area contributed by atoms with Crippen LogP contribution in [0.15, 0.2) is 24.3 Å². The van der Waals surface area contributed by atoms with E-state index in [2.05, 4.69) is 5.32 Å². The molecule has 0 saturated carbocycles. The smallest absolute Gasteiger partial charge is 0.185 e. The molecule has 0 aliphatic heterocycles. The minimum atomic E-state index is -1.41. The molecule has 21 heavy (non-hydrogen) atoms. The summed E-state index contributed by atoms with van der Waals surface area (Å²) in [5.41, 5.74) is 2.56. The van der Waals surface area contributed by atoms with Crippen LogP contribution in [0, 0.1) is 23.3 Å². The van der Waals surface area contributed by atoms with Crippen LogP contribution in [0.5, 0.6) is 0 Å². The van der Waals surface area contributed by atoms with E-state index in [1.807, 2.05) is 18.2 Å². The molecule has 1 N–H and O–H groups in total. The fourth-order valence-corrected chi connectivity index (χ4v) is 2.65. The Morgan fingerprint density at radius 2 is 1.52 bits per heavy atom. The van der Waals surface area contributed by atoms with Gasteiger partial charge in [0.2, 0.25) is 0 Å². The summed E-state index contributed by atoms with van der Waals surface area (Å²) in [5.74, 6) is -5.64. The maximum atomic E-state index is 13.5. The zero-order valence-electron chi connectivity index (χ0n) is 11.1. The summed E-state index contributed by atoms with van der Waals surface area (Å²) in [6, 6.07) is 5.99. The van der Waals surface area contributed by atoms with Crippen molar-refractivity contribution in [2.75, 3.05) is 5.32 Å². The SMILES string of the molecule is Fc1cc(F)c(F)c(NCc2ccc3c(c2)CCC3)c1F. The minimum Gasteiger partial charge on any atom is -0.376 e. The van der Waals surface area contributed by atoms with Crippen molar-refractivity contribution in [3.63, 3.8) is 0 Å². The van der Waals surface area contributed by atoms with E-state index in [9.17, 15) is 17.6 Å². The molecule has 0 spiro atoms. The zero-order chi connectivity index (χ0) is 15.0. The predicted octanol–water partition coefficient (Wildman–Crippen LogP) is 4.34. The molecule has 0 atom stereocenters. The normalized spacial score (nSPS) is 13.3. The van der Waals surface area contributed by atoms with E-state index in [1.54, 1.807) is 0 Å². The molecule has 0 heterocycles. The summed E-state index contributed by atoms with van der Waals surface area (Å²) < 4.78 is 53.2. The number of nitrogens with one attached hydrogen (secondary N) is 1. The highest BCUT2D eigenvalue weighted by Crippen LogP contribution is 2.26. The van der Waals surface area contributed by atoms with E-state index in [-0.39, 0.29) is 12.6 Å². The summed E-state index contributed by atoms with van der Waals surface area (Å²) in [7, 11) is 0. The van der Waals surface area contributed by atoms with Crippen molar-refractivity contribution in [2.45, 2.75) is 25.8 Å². The quantitative estimate of drug-likeness (QED) is 0.656. The molecule has 0 radical (unpaired) electrons. The average Bonchev–Trinajstić information content (AvgIpc) is 2.92. The van der Waals surface area contributed by atoms with E-state index in [0.717, 1.165) is 24.8 Å². The Labute approximate surface area is 119 Å². The first-order valence-electron chi connectivity index (χ1n) is 6.74. The van der Waals surface area contributed by atoms with Crippen LogP contribution in [0.4, 0.5) is 23.2 Å². The van der Waals surface area contributed by atoms with Crippen LogP contribution in [0.1, 0.15) is 23.1 Å². The molecule has 2 aromatic carbocycles. The lowest BCUT2D eigenvalue weighted by Crippen LogP contribution is -2.07. The van der Waals surface area contributed by atoms with Crippen LogP contribution in [-0.4, -0.2) is 0 Å². The number of benzene rings is 2.